The molecule has 0 saturated carbocycles. The molecule has 20 heavy (non-hydrogen) atoms. The van der Waals surface area contributed by atoms with Crippen molar-refractivity contribution in [1.82, 2.24) is 9.47 Å². The van der Waals surface area contributed by atoms with Gasteiger partial charge in [0.05, 0.1) is 6.54 Å². The molecule has 0 aliphatic carbocycles. The Balaban J connectivity index is 2.24. The van der Waals surface area contributed by atoms with E-state index in [1.807, 2.05) is 56.8 Å². The van der Waals surface area contributed by atoms with E-state index in [0.29, 0.717) is 12.2 Å². The van der Waals surface area contributed by atoms with Crippen molar-refractivity contribution in [1.29, 1.82) is 0 Å². The molecule has 0 fully saturated rings. The number of aromatic nitrogens is 1. The summed E-state index contributed by atoms with van der Waals surface area (Å²) in [6, 6.07) is 5.77. The first-order chi connectivity index (χ1) is 9.38. The maximum atomic E-state index is 12.7. The van der Waals surface area contributed by atoms with E-state index in [0.717, 1.165) is 16.0 Å². The Morgan fingerprint density at radius 3 is 2.60 bits per heavy atom. The standard InChI is InChI=1S/C15H19BrN2O2/c1-10(2)18(9-13-6-5-11(3)20-13)15(19)14-7-12(16)8-17(14)4/h5-8,10H,9H2,1-4H3. The molecular weight excluding hydrogens is 320 g/mol. The minimum atomic E-state index is 0.00209. The molecule has 0 aliphatic heterocycles. The number of aryl methyl sites for hydroxylation is 2. The molecule has 2 aromatic heterocycles. The molecule has 5 heteroatoms. The lowest BCUT2D eigenvalue weighted by molar-refractivity contribution is 0.0665. The first kappa shape index (κ1) is 14.9. The van der Waals surface area contributed by atoms with Crippen molar-refractivity contribution in [2.45, 2.75) is 33.4 Å². The number of amides is 1. The summed E-state index contributed by atoms with van der Waals surface area (Å²) in [6.07, 6.45) is 1.88. The fourth-order valence-corrected chi connectivity index (χ4v) is 2.63. The Labute approximate surface area is 127 Å². The highest BCUT2D eigenvalue weighted by Gasteiger charge is 2.22. The third-order valence-corrected chi connectivity index (χ3v) is 3.63. The van der Waals surface area contributed by atoms with Gasteiger partial charge in [0, 0.05) is 23.8 Å². The highest BCUT2D eigenvalue weighted by Crippen LogP contribution is 2.19. The Hall–Kier alpha value is -1.49. The normalized spacial score (nSPS) is 11.1. The van der Waals surface area contributed by atoms with Crippen molar-refractivity contribution in [3.8, 4) is 0 Å². The van der Waals surface area contributed by atoms with Gasteiger partial charge < -0.3 is 13.9 Å². The Morgan fingerprint density at radius 1 is 1.45 bits per heavy atom. The van der Waals surface area contributed by atoms with Gasteiger partial charge in [-0.25, -0.2) is 0 Å². The molecule has 0 N–H and O–H groups in total. The third-order valence-electron chi connectivity index (χ3n) is 3.20. The molecule has 0 spiro atoms. The van der Waals surface area contributed by atoms with Gasteiger partial charge in [0.15, 0.2) is 0 Å². The molecule has 2 rings (SSSR count). The van der Waals surface area contributed by atoms with Crippen LogP contribution in [-0.4, -0.2) is 21.4 Å². The highest BCUT2D eigenvalue weighted by atomic mass is 79.9. The summed E-state index contributed by atoms with van der Waals surface area (Å²) in [6.45, 7) is 6.39. The monoisotopic (exact) mass is 338 g/mol. The van der Waals surface area contributed by atoms with Crippen LogP contribution in [0.2, 0.25) is 0 Å². The van der Waals surface area contributed by atoms with E-state index in [2.05, 4.69) is 15.9 Å². The average Bonchev–Trinajstić information content (AvgIpc) is 2.91. The van der Waals surface area contributed by atoms with Crippen LogP contribution in [0.15, 0.2) is 33.3 Å². The Kier molecular flexibility index (Phi) is 4.38. The summed E-state index contributed by atoms with van der Waals surface area (Å²) < 4.78 is 8.31. The molecule has 0 radical (unpaired) electrons. The number of carbonyl (C=O) groups is 1. The van der Waals surface area contributed by atoms with E-state index in [1.54, 1.807) is 4.90 Å². The minimum Gasteiger partial charge on any atom is -0.464 e. The highest BCUT2D eigenvalue weighted by molar-refractivity contribution is 9.10. The molecule has 0 aliphatic rings. The second kappa shape index (κ2) is 5.87. The fraction of sp³-hybridized carbons (Fsp3) is 0.400. The van der Waals surface area contributed by atoms with Gasteiger partial charge in [-0.3, -0.25) is 4.79 Å². The predicted octanol–water partition coefficient (Wildman–Crippen LogP) is 3.74. The van der Waals surface area contributed by atoms with Crippen molar-refractivity contribution in [2.24, 2.45) is 7.05 Å². The number of hydrogen-bond donors (Lipinski definition) is 0. The summed E-state index contributed by atoms with van der Waals surface area (Å²) in [5.74, 6) is 1.66. The van der Waals surface area contributed by atoms with E-state index >= 15 is 0 Å². The van der Waals surface area contributed by atoms with Gasteiger partial charge in [-0.1, -0.05) is 0 Å². The maximum absolute atomic E-state index is 12.7. The minimum absolute atomic E-state index is 0.00209. The largest absolute Gasteiger partial charge is 0.464 e. The molecule has 2 heterocycles. The second-order valence-electron chi connectivity index (χ2n) is 5.19. The summed E-state index contributed by atoms with van der Waals surface area (Å²) in [5, 5.41) is 0. The number of rotatable bonds is 4. The zero-order valence-electron chi connectivity index (χ0n) is 12.2. The van der Waals surface area contributed by atoms with Crippen molar-refractivity contribution in [3.63, 3.8) is 0 Å². The van der Waals surface area contributed by atoms with Crippen molar-refractivity contribution < 1.29 is 9.21 Å². The summed E-state index contributed by atoms with van der Waals surface area (Å²) >= 11 is 3.40. The Morgan fingerprint density at radius 2 is 2.15 bits per heavy atom. The van der Waals surface area contributed by atoms with Crippen LogP contribution in [-0.2, 0) is 13.6 Å². The lowest BCUT2D eigenvalue weighted by Crippen LogP contribution is -2.37. The first-order valence-corrected chi connectivity index (χ1v) is 7.36. The van der Waals surface area contributed by atoms with Crippen LogP contribution < -0.4 is 0 Å². The van der Waals surface area contributed by atoms with Gasteiger partial charge in [-0.15, -0.1) is 0 Å². The van der Waals surface area contributed by atoms with Crippen molar-refractivity contribution in [3.05, 3.63) is 46.1 Å². The summed E-state index contributed by atoms with van der Waals surface area (Å²) in [4.78, 5) is 14.5. The third kappa shape index (κ3) is 3.15. The zero-order valence-corrected chi connectivity index (χ0v) is 13.8. The number of carbonyl (C=O) groups excluding carboxylic acids is 1. The van der Waals surface area contributed by atoms with E-state index in [1.165, 1.54) is 0 Å². The number of halogens is 1. The van der Waals surface area contributed by atoms with E-state index in [9.17, 15) is 4.79 Å². The molecule has 0 unspecified atom stereocenters. The van der Waals surface area contributed by atoms with Crippen LogP contribution in [0.1, 0.15) is 35.9 Å². The SMILES string of the molecule is Cc1ccc(CN(C(=O)c2cc(Br)cn2C)C(C)C)o1. The topological polar surface area (TPSA) is 38.4 Å². The smallest absolute Gasteiger partial charge is 0.271 e. The quantitative estimate of drug-likeness (QED) is 0.851. The van der Waals surface area contributed by atoms with Crippen LogP contribution in [0.5, 0.6) is 0 Å². The van der Waals surface area contributed by atoms with Gasteiger partial charge in [0.25, 0.3) is 5.91 Å². The Bertz CT molecular complexity index is 613. The van der Waals surface area contributed by atoms with Gasteiger partial charge in [0.1, 0.15) is 17.2 Å². The van der Waals surface area contributed by atoms with Crippen molar-refractivity contribution >= 4 is 21.8 Å². The number of hydrogen-bond acceptors (Lipinski definition) is 2. The molecule has 4 nitrogen and oxygen atoms in total. The number of nitrogens with zero attached hydrogens (tertiary/aromatic N) is 2. The molecular formula is C15H19BrN2O2. The van der Waals surface area contributed by atoms with E-state index < -0.39 is 0 Å². The molecule has 1 amide bonds. The molecule has 108 valence electrons. The molecule has 0 aromatic carbocycles. The van der Waals surface area contributed by atoms with Gasteiger partial charge in [0.2, 0.25) is 0 Å². The van der Waals surface area contributed by atoms with Gasteiger partial charge in [-0.05, 0) is 54.9 Å². The molecule has 0 bridgehead atoms. The van der Waals surface area contributed by atoms with E-state index in [-0.39, 0.29) is 11.9 Å². The lowest BCUT2D eigenvalue weighted by Gasteiger charge is -2.26. The maximum Gasteiger partial charge on any atom is 0.271 e. The van der Waals surface area contributed by atoms with Crippen molar-refractivity contribution in [2.75, 3.05) is 0 Å². The average molecular weight is 339 g/mol. The summed E-state index contributed by atoms with van der Waals surface area (Å²) in [7, 11) is 1.87. The van der Waals surface area contributed by atoms with Gasteiger partial charge >= 0.3 is 0 Å². The first-order valence-electron chi connectivity index (χ1n) is 6.56. The van der Waals surface area contributed by atoms with E-state index in [4.69, 9.17) is 4.42 Å². The summed E-state index contributed by atoms with van der Waals surface area (Å²) in [5.41, 5.74) is 0.661. The van der Waals surface area contributed by atoms with Crippen LogP contribution in [0.3, 0.4) is 0 Å². The predicted molar refractivity (Wildman–Crippen MR) is 81.6 cm³/mol. The zero-order chi connectivity index (χ0) is 14.9. The molecule has 0 saturated heterocycles. The van der Waals surface area contributed by atoms with Crippen LogP contribution >= 0.6 is 15.9 Å². The molecule has 2 aromatic rings. The fourth-order valence-electron chi connectivity index (χ4n) is 2.11. The van der Waals surface area contributed by atoms with Crippen LogP contribution in [0.25, 0.3) is 0 Å². The molecule has 0 atom stereocenters. The lowest BCUT2D eigenvalue weighted by atomic mass is 10.2. The second-order valence-corrected chi connectivity index (χ2v) is 6.11. The van der Waals surface area contributed by atoms with Crippen LogP contribution in [0.4, 0.5) is 0 Å². The van der Waals surface area contributed by atoms with Crippen LogP contribution in [0, 0.1) is 6.92 Å². The van der Waals surface area contributed by atoms with Gasteiger partial charge in [-0.2, -0.15) is 0 Å². The number of furan rings is 1.